The molecule has 5 nitrogen and oxygen atoms in total. The number of halogens is 1. The number of carbonyl (C=O) groups is 1. The lowest BCUT2D eigenvalue weighted by Crippen LogP contribution is -2.39. The summed E-state index contributed by atoms with van der Waals surface area (Å²) in [5, 5.41) is 13.8. The molecule has 0 fully saturated rings. The average molecular weight is 523 g/mol. The van der Waals surface area contributed by atoms with Crippen LogP contribution in [0.15, 0.2) is 97.2 Å². The molecule has 5 aromatic rings. The number of fused-ring (bicyclic) bond motifs is 1. The Morgan fingerprint density at radius 1 is 0.923 bits per heavy atom. The molecule has 4 aromatic carbocycles. The predicted molar refractivity (Wildman–Crippen MR) is 153 cm³/mol. The van der Waals surface area contributed by atoms with Gasteiger partial charge in [0.15, 0.2) is 0 Å². The summed E-state index contributed by atoms with van der Waals surface area (Å²) in [7, 11) is 0. The van der Waals surface area contributed by atoms with Gasteiger partial charge < -0.3 is 20.1 Å². The van der Waals surface area contributed by atoms with Crippen LogP contribution in [0.5, 0.6) is 5.75 Å². The maximum absolute atomic E-state index is 13.8. The summed E-state index contributed by atoms with van der Waals surface area (Å²) in [6.45, 7) is 2.22. The molecule has 39 heavy (non-hydrogen) atoms. The maximum atomic E-state index is 13.8. The van der Waals surface area contributed by atoms with Crippen molar-refractivity contribution in [3.8, 4) is 28.0 Å². The Labute approximate surface area is 227 Å². The number of hydrogen-bond donors (Lipinski definition) is 3. The van der Waals surface area contributed by atoms with Crippen molar-refractivity contribution in [3.05, 3.63) is 114 Å². The molecule has 1 heterocycles. The summed E-state index contributed by atoms with van der Waals surface area (Å²) in [5.41, 5.74) is 6.08. The van der Waals surface area contributed by atoms with Crippen molar-refractivity contribution < 1.29 is 19.0 Å². The fraction of sp³-hybridized carbons (Fsp3) is 0.182. The van der Waals surface area contributed by atoms with E-state index in [1.54, 1.807) is 12.3 Å². The van der Waals surface area contributed by atoms with Gasteiger partial charge in [-0.25, -0.2) is 4.39 Å². The van der Waals surface area contributed by atoms with Gasteiger partial charge in [-0.3, -0.25) is 4.79 Å². The molecule has 0 aliphatic carbocycles. The van der Waals surface area contributed by atoms with Gasteiger partial charge in [0.25, 0.3) is 5.91 Å². The molecule has 1 amide bonds. The van der Waals surface area contributed by atoms with Crippen LogP contribution in [0.1, 0.15) is 29.3 Å². The Balaban J connectivity index is 1.42. The molecule has 0 spiro atoms. The molecule has 5 rings (SSSR count). The maximum Gasteiger partial charge on any atom is 0.255 e. The normalized spacial score (nSPS) is 11.9. The Hall–Kier alpha value is -4.42. The van der Waals surface area contributed by atoms with Gasteiger partial charge in [0, 0.05) is 17.1 Å². The number of amides is 1. The lowest BCUT2D eigenvalue weighted by molar-refractivity contribution is 0.0912. The van der Waals surface area contributed by atoms with E-state index in [2.05, 4.69) is 34.6 Å². The van der Waals surface area contributed by atoms with Gasteiger partial charge in [0.1, 0.15) is 11.6 Å². The van der Waals surface area contributed by atoms with Crippen LogP contribution in [0.25, 0.3) is 33.2 Å². The van der Waals surface area contributed by atoms with Crippen LogP contribution in [0, 0.1) is 5.82 Å². The van der Waals surface area contributed by atoms with Crippen LogP contribution in [0.4, 0.5) is 4.39 Å². The van der Waals surface area contributed by atoms with E-state index in [-0.39, 0.29) is 18.3 Å². The zero-order valence-electron chi connectivity index (χ0n) is 21.8. The summed E-state index contributed by atoms with van der Waals surface area (Å²) < 4.78 is 19.8. The van der Waals surface area contributed by atoms with Crippen LogP contribution in [0.3, 0.4) is 0 Å². The lowest BCUT2D eigenvalue weighted by Gasteiger charge is -2.18. The molecule has 1 aromatic heterocycles. The van der Waals surface area contributed by atoms with E-state index in [0.29, 0.717) is 24.3 Å². The van der Waals surface area contributed by atoms with Crippen molar-refractivity contribution in [2.24, 2.45) is 0 Å². The molecule has 198 valence electrons. The number of rotatable bonds is 10. The monoisotopic (exact) mass is 522 g/mol. The molecule has 0 radical (unpaired) electrons. The second kappa shape index (κ2) is 12.0. The highest BCUT2D eigenvalue weighted by Crippen LogP contribution is 2.30. The van der Waals surface area contributed by atoms with E-state index in [1.165, 1.54) is 12.1 Å². The largest absolute Gasteiger partial charge is 0.493 e. The quantitative estimate of drug-likeness (QED) is 0.190. The second-order valence-corrected chi connectivity index (χ2v) is 9.57. The standard InChI is InChI=1S/C33H31FN2O3/c1-2-15-39-32-14-11-25(24-10-6-9-23(16-24)22-7-4-3-5-8-22)18-30(32)33(38)36-28(21-37)17-26-20-35-31-13-12-27(34)19-29(26)31/h3-14,16,18-20,28,35,37H,2,15,17,21H2,1H3,(H,36,38). The Kier molecular flexibility index (Phi) is 8.04. The first-order valence-corrected chi connectivity index (χ1v) is 13.2. The summed E-state index contributed by atoms with van der Waals surface area (Å²) >= 11 is 0. The molecule has 0 aliphatic rings. The molecule has 3 N–H and O–H groups in total. The summed E-state index contributed by atoms with van der Waals surface area (Å²) in [5.74, 6) is -0.186. The van der Waals surface area contributed by atoms with Gasteiger partial charge in [-0.15, -0.1) is 0 Å². The molecule has 0 aliphatic heterocycles. The fourth-order valence-electron chi connectivity index (χ4n) is 4.74. The van der Waals surface area contributed by atoms with Crippen LogP contribution in [0.2, 0.25) is 0 Å². The number of aromatic amines is 1. The SMILES string of the molecule is CCCOc1ccc(-c2cccc(-c3ccccc3)c2)cc1C(=O)NC(CO)Cc1c[nH]c2ccc(F)cc12. The summed E-state index contributed by atoms with van der Waals surface area (Å²) in [6, 6.07) is 27.9. The topological polar surface area (TPSA) is 74.3 Å². The number of hydrogen-bond acceptors (Lipinski definition) is 3. The number of ether oxygens (including phenoxy) is 1. The van der Waals surface area contributed by atoms with Crippen molar-refractivity contribution in [2.75, 3.05) is 13.2 Å². The van der Waals surface area contributed by atoms with Gasteiger partial charge in [0.05, 0.1) is 24.8 Å². The van der Waals surface area contributed by atoms with Gasteiger partial charge >= 0.3 is 0 Å². The van der Waals surface area contributed by atoms with Gasteiger partial charge in [-0.05, 0) is 77.1 Å². The first-order valence-electron chi connectivity index (χ1n) is 13.2. The van der Waals surface area contributed by atoms with Crippen molar-refractivity contribution in [1.82, 2.24) is 10.3 Å². The Bertz CT molecular complexity index is 1580. The Morgan fingerprint density at radius 2 is 1.67 bits per heavy atom. The van der Waals surface area contributed by atoms with Gasteiger partial charge in [-0.2, -0.15) is 0 Å². The zero-order chi connectivity index (χ0) is 27.2. The number of carbonyl (C=O) groups excluding carboxylic acids is 1. The third kappa shape index (κ3) is 6.02. The van der Waals surface area contributed by atoms with E-state index in [9.17, 15) is 14.3 Å². The highest BCUT2D eigenvalue weighted by atomic mass is 19.1. The minimum Gasteiger partial charge on any atom is -0.493 e. The van der Waals surface area contributed by atoms with Crippen molar-refractivity contribution in [3.63, 3.8) is 0 Å². The van der Waals surface area contributed by atoms with Crippen LogP contribution < -0.4 is 10.1 Å². The van der Waals surface area contributed by atoms with Crippen molar-refractivity contribution >= 4 is 16.8 Å². The third-order valence-corrected chi connectivity index (χ3v) is 6.74. The molecule has 1 atom stereocenters. The molecule has 1 unspecified atom stereocenters. The number of aromatic nitrogens is 1. The van der Waals surface area contributed by atoms with E-state index in [0.717, 1.165) is 45.1 Å². The third-order valence-electron chi connectivity index (χ3n) is 6.74. The lowest BCUT2D eigenvalue weighted by atomic mass is 9.97. The number of benzene rings is 4. The van der Waals surface area contributed by atoms with Crippen LogP contribution in [-0.4, -0.2) is 35.3 Å². The Morgan fingerprint density at radius 3 is 2.44 bits per heavy atom. The number of H-pyrrole nitrogens is 1. The smallest absolute Gasteiger partial charge is 0.255 e. The van der Waals surface area contributed by atoms with E-state index in [1.807, 2.05) is 55.5 Å². The number of aliphatic hydroxyl groups is 1. The van der Waals surface area contributed by atoms with E-state index >= 15 is 0 Å². The molecular formula is C33H31FN2O3. The number of aliphatic hydroxyl groups excluding tert-OH is 1. The molecular weight excluding hydrogens is 491 g/mol. The predicted octanol–water partition coefficient (Wildman–Crippen LogP) is 6.76. The van der Waals surface area contributed by atoms with E-state index < -0.39 is 6.04 Å². The first-order chi connectivity index (χ1) is 19.1. The van der Waals surface area contributed by atoms with Crippen LogP contribution >= 0.6 is 0 Å². The molecule has 0 saturated carbocycles. The molecule has 6 heteroatoms. The highest BCUT2D eigenvalue weighted by molar-refractivity contribution is 5.98. The number of nitrogens with one attached hydrogen (secondary N) is 2. The van der Waals surface area contributed by atoms with Gasteiger partial charge in [0.2, 0.25) is 0 Å². The van der Waals surface area contributed by atoms with Crippen molar-refractivity contribution in [2.45, 2.75) is 25.8 Å². The van der Waals surface area contributed by atoms with E-state index in [4.69, 9.17) is 4.74 Å². The summed E-state index contributed by atoms with van der Waals surface area (Å²) in [4.78, 5) is 16.7. The zero-order valence-corrected chi connectivity index (χ0v) is 21.8. The molecule has 0 saturated heterocycles. The van der Waals surface area contributed by atoms with Crippen molar-refractivity contribution in [1.29, 1.82) is 0 Å². The van der Waals surface area contributed by atoms with Gasteiger partial charge in [-0.1, -0.05) is 61.5 Å². The summed E-state index contributed by atoms with van der Waals surface area (Å²) in [6.07, 6.45) is 2.93. The van der Waals surface area contributed by atoms with Crippen LogP contribution in [-0.2, 0) is 6.42 Å². The minimum absolute atomic E-state index is 0.266. The highest BCUT2D eigenvalue weighted by Gasteiger charge is 2.20. The second-order valence-electron chi connectivity index (χ2n) is 9.57. The fourth-order valence-corrected chi connectivity index (χ4v) is 4.74. The average Bonchev–Trinajstić information content (AvgIpc) is 3.37. The first kappa shape index (κ1) is 26.2. The molecule has 0 bridgehead atoms. The minimum atomic E-state index is -0.566.